The van der Waals surface area contributed by atoms with Crippen molar-refractivity contribution in [3.05, 3.63) is 30.1 Å². The van der Waals surface area contributed by atoms with Crippen molar-refractivity contribution >= 4 is 0 Å². The Morgan fingerprint density at radius 3 is 2.83 bits per heavy atom. The molecule has 0 radical (unpaired) electrons. The van der Waals surface area contributed by atoms with E-state index >= 15 is 0 Å². The van der Waals surface area contributed by atoms with E-state index < -0.39 is 0 Å². The van der Waals surface area contributed by atoms with Gasteiger partial charge in [-0.3, -0.25) is 4.98 Å². The van der Waals surface area contributed by atoms with Crippen LogP contribution in [0.3, 0.4) is 0 Å². The lowest BCUT2D eigenvalue weighted by molar-refractivity contribution is 0.0304. The van der Waals surface area contributed by atoms with Gasteiger partial charge in [-0.2, -0.15) is 0 Å². The van der Waals surface area contributed by atoms with Crippen LogP contribution in [0, 0.1) is 0 Å². The van der Waals surface area contributed by atoms with Gasteiger partial charge in [0.25, 0.3) is 0 Å². The molecule has 1 N–H and O–H groups in total. The van der Waals surface area contributed by atoms with E-state index in [1.807, 2.05) is 18.3 Å². The number of nitrogens with zero attached hydrogens (tertiary/aromatic N) is 1. The molecule has 1 saturated carbocycles. The zero-order chi connectivity index (χ0) is 12.5. The highest BCUT2D eigenvalue weighted by atomic mass is 16.5. The Morgan fingerprint density at radius 2 is 2.06 bits per heavy atom. The maximum absolute atomic E-state index is 5.86. The Kier molecular flexibility index (Phi) is 6.17. The van der Waals surface area contributed by atoms with Gasteiger partial charge in [-0.1, -0.05) is 25.3 Å². The van der Waals surface area contributed by atoms with E-state index in [0.717, 1.165) is 31.8 Å². The maximum Gasteiger partial charge on any atom is 0.0594 e. The van der Waals surface area contributed by atoms with Gasteiger partial charge in [0.2, 0.25) is 0 Å². The van der Waals surface area contributed by atoms with Gasteiger partial charge < -0.3 is 10.1 Å². The Morgan fingerprint density at radius 1 is 1.17 bits per heavy atom. The van der Waals surface area contributed by atoms with Crippen molar-refractivity contribution in [2.75, 3.05) is 19.7 Å². The monoisotopic (exact) mass is 248 g/mol. The first-order valence-electron chi connectivity index (χ1n) is 7.17. The molecule has 0 saturated heterocycles. The van der Waals surface area contributed by atoms with Gasteiger partial charge in [-0.05, 0) is 25.0 Å². The number of aromatic nitrogens is 1. The minimum atomic E-state index is 0.524. The van der Waals surface area contributed by atoms with Crippen molar-refractivity contribution in [3.63, 3.8) is 0 Å². The summed E-state index contributed by atoms with van der Waals surface area (Å²) in [4.78, 5) is 4.30. The molecule has 1 fully saturated rings. The first-order chi connectivity index (χ1) is 8.95. The predicted molar refractivity (Wildman–Crippen MR) is 73.6 cm³/mol. The molecule has 0 bridgehead atoms. The van der Waals surface area contributed by atoms with Crippen LogP contribution >= 0.6 is 0 Å². The van der Waals surface area contributed by atoms with Crippen molar-refractivity contribution < 1.29 is 4.74 Å². The van der Waals surface area contributed by atoms with Crippen molar-refractivity contribution in [2.45, 2.75) is 44.6 Å². The summed E-state index contributed by atoms with van der Waals surface area (Å²) < 4.78 is 5.86. The SMILES string of the molecule is c1ccc(CCNCCOC2CCCCC2)nc1. The van der Waals surface area contributed by atoms with Gasteiger partial charge in [0, 0.05) is 31.4 Å². The minimum absolute atomic E-state index is 0.524. The zero-order valence-corrected chi connectivity index (χ0v) is 11.1. The summed E-state index contributed by atoms with van der Waals surface area (Å²) in [6.45, 7) is 2.77. The lowest BCUT2D eigenvalue weighted by atomic mass is 9.98. The van der Waals surface area contributed by atoms with E-state index in [9.17, 15) is 0 Å². The van der Waals surface area contributed by atoms with Crippen LogP contribution in [0.1, 0.15) is 37.8 Å². The zero-order valence-electron chi connectivity index (χ0n) is 11.1. The average Bonchev–Trinajstić information content (AvgIpc) is 2.45. The van der Waals surface area contributed by atoms with Gasteiger partial charge in [-0.15, -0.1) is 0 Å². The number of hydrogen-bond donors (Lipinski definition) is 1. The molecule has 0 unspecified atom stereocenters. The summed E-state index contributed by atoms with van der Waals surface area (Å²) in [5.74, 6) is 0. The molecule has 0 atom stereocenters. The highest BCUT2D eigenvalue weighted by Gasteiger charge is 2.12. The van der Waals surface area contributed by atoms with Crippen molar-refractivity contribution in [3.8, 4) is 0 Å². The second-order valence-corrected chi connectivity index (χ2v) is 4.95. The summed E-state index contributed by atoms with van der Waals surface area (Å²) >= 11 is 0. The summed E-state index contributed by atoms with van der Waals surface area (Å²) in [7, 11) is 0. The Bertz CT molecular complexity index is 310. The predicted octanol–water partition coefficient (Wildman–Crippen LogP) is 2.56. The molecular formula is C15H24N2O. The standard InChI is InChI=1S/C15H24N2O/c1-2-7-15(8-3-1)18-13-12-16-11-9-14-6-4-5-10-17-14/h4-6,10,15-16H,1-3,7-9,11-13H2. The molecule has 18 heavy (non-hydrogen) atoms. The fourth-order valence-electron chi connectivity index (χ4n) is 2.42. The summed E-state index contributed by atoms with van der Waals surface area (Å²) in [5, 5.41) is 3.41. The second-order valence-electron chi connectivity index (χ2n) is 4.95. The van der Waals surface area contributed by atoms with Crippen LogP contribution in [-0.4, -0.2) is 30.8 Å². The third-order valence-electron chi connectivity index (χ3n) is 3.47. The fraction of sp³-hybridized carbons (Fsp3) is 0.667. The molecule has 2 rings (SSSR count). The molecule has 3 heteroatoms. The second kappa shape index (κ2) is 8.22. The van der Waals surface area contributed by atoms with Crippen molar-refractivity contribution in [1.29, 1.82) is 0 Å². The molecule has 0 aliphatic heterocycles. The van der Waals surface area contributed by atoms with Crippen molar-refractivity contribution in [2.24, 2.45) is 0 Å². The van der Waals surface area contributed by atoms with Gasteiger partial charge in [0.15, 0.2) is 0 Å². The highest BCUT2D eigenvalue weighted by Crippen LogP contribution is 2.19. The molecule has 1 aliphatic rings. The number of nitrogens with one attached hydrogen (secondary N) is 1. The van der Waals surface area contributed by atoms with Gasteiger partial charge in [-0.25, -0.2) is 0 Å². The Balaban J connectivity index is 1.46. The number of pyridine rings is 1. The molecule has 1 aromatic rings. The van der Waals surface area contributed by atoms with E-state index in [1.54, 1.807) is 0 Å². The lowest BCUT2D eigenvalue weighted by Gasteiger charge is -2.22. The van der Waals surface area contributed by atoms with E-state index in [1.165, 1.54) is 32.1 Å². The largest absolute Gasteiger partial charge is 0.377 e. The highest BCUT2D eigenvalue weighted by molar-refractivity contribution is 5.03. The van der Waals surface area contributed by atoms with Crippen LogP contribution in [-0.2, 0) is 11.2 Å². The first kappa shape index (κ1) is 13.5. The van der Waals surface area contributed by atoms with Crippen LogP contribution in [0.4, 0.5) is 0 Å². The lowest BCUT2D eigenvalue weighted by Crippen LogP contribution is -2.26. The molecule has 100 valence electrons. The van der Waals surface area contributed by atoms with Crippen LogP contribution in [0.5, 0.6) is 0 Å². The molecule has 3 nitrogen and oxygen atoms in total. The van der Waals surface area contributed by atoms with Gasteiger partial charge in [0.1, 0.15) is 0 Å². The molecule has 0 amide bonds. The molecule has 1 aliphatic carbocycles. The van der Waals surface area contributed by atoms with E-state index in [0.29, 0.717) is 6.10 Å². The third-order valence-corrected chi connectivity index (χ3v) is 3.47. The molecule has 0 aromatic carbocycles. The Hall–Kier alpha value is -0.930. The normalized spacial score (nSPS) is 16.9. The van der Waals surface area contributed by atoms with Crippen LogP contribution in [0.25, 0.3) is 0 Å². The topological polar surface area (TPSA) is 34.1 Å². The third kappa shape index (κ3) is 5.15. The van der Waals surface area contributed by atoms with Crippen LogP contribution in [0.2, 0.25) is 0 Å². The smallest absolute Gasteiger partial charge is 0.0594 e. The van der Waals surface area contributed by atoms with E-state index in [2.05, 4.69) is 16.4 Å². The molecular weight excluding hydrogens is 224 g/mol. The fourth-order valence-corrected chi connectivity index (χ4v) is 2.42. The summed E-state index contributed by atoms with van der Waals surface area (Å²) in [5.41, 5.74) is 1.15. The van der Waals surface area contributed by atoms with Gasteiger partial charge >= 0.3 is 0 Å². The summed E-state index contributed by atoms with van der Waals surface area (Å²) in [6, 6.07) is 6.06. The number of ether oxygens (including phenoxy) is 1. The number of rotatable bonds is 7. The van der Waals surface area contributed by atoms with Crippen LogP contribution in [0.15, 0.2) is 24.4 Å². The Labute approximate surface area is 110 Å². The van der Waals surface area contributed by atoms with Crippen LogP contribution < -0.4 is 5.32 Å². The minimum Gasteiger partial charge on any atom is -0.377 e. The first-order valence-corrected chi connectivity index (χ1v) is 7.17. The average molecular weight is 248 g/mol. The quantitative estimate of drug-likeness (QED) is 0.753. The molecule has 1 heterocycles. The maximum atomic E-state index is 5.86. The van der Waals surface area contributed by atoms with E-state index in [4.69, 9.17) is 4.74 Å². The van der Waals surface area contributed by atoms with Crippen molar-refractivity contribution in [1.82, 2.24) is 10.3 Å². The number of hydrogen-bond acceptors (Lipinski definition) is 3. The van der Waals surface area contributed by atoms with Gasteiger partial charge in [0.05, 0.1) is 12.7 Å². The van der Waals surface area contributed by atoms with E-state index in [-0.39, 0.29) is 0 Å². The summed E-state index contributed by atoms with van der Waals surface area (Å²) in [6.07, 6.45) is 9.96. The molecule has 1 aromatic heterocycles. The molecule has 0 spiro atoms.